The van der Waals surface area contributed by atoms with E-state index in [1.807, 2.05) is 0 Å². The van der Waals surface area contributed by atoms with Crippen molar-refractivity contribution in [2.45, 2.75) is 94.5 Å². The summed E-state index contributed by atoms with van der Waals surface area (Å²) in [5.74, 6) is 1.25. The van der Waals surface area contributed by atoms with Crippen LogP contribution in [0.25, 0.3) is 22.3 Å². The molecule has 70 heavy (non-hydrogen) atoms. The smallest absolute Gasteiger partial charge is 0.167 e. The number of aromatic nitrogens is 8. The molecule has 0 bridgehead atoms. The zero-order chi connectivity index (χ0) is 50.5. The van der Waals surface area contributed by atoms with Crippen LogP contribution in [0, 0.1) is 0 Å². The van der Waals surface area contributed by atoms with E-state index < -0.39 is 62.9 Å². The number of ether oxygens (including phenoxy) is 7. The van der Waals surface area contributed by atoms with Gasteiger partial charge in [0.15, 0.2) is 46.4 Å². The highest BCUT2D eigenvalue weighted by atomic mass is 31.2. The zero-order valence-corrected chi connectivity index (χ0v) is 43.7. The van der Waals surface area contributed by atoms with Crippen LogP contribution < -0.4 is 16.4 Å². The summed E-state index contributed by atoms with van der Waals surface area (Å²) >= 11 is 0. The lowest BCUT2D eigenvalue weighted by Crippen LogP contribution is -2.31. The Morgan fingerprint density at radius 1 is 0.571 bits per heavy atom. The van der Waals surface area contributed by atoms with Crippen molar-refractivity contribution >= 4 is 60.3 Å². The third-order valence-electron chi connectivity index (χ3n) is 11.5. The van der Waals surface area contributed by atoms with Gasteiger partial charge in [0.2, 0.25) is 0 Å². The summed E-state index contributed by atoms with van der Waals surface area (Å²) in [6.07, 6.45) is 14.9. The predicted molar refractivity (Wildman–Crippen MR) is 278 cm³/mol. The van der Waals surface area contributed by atoms with Gasteiger partial charge in [0.05, 0.1) is 77.7 Å². The van der Waals surface area contributed by atoms with Crippen LogP contribution in [0.2, 0.25) is 0 Å². The Morgan fingerprint density at radius 2 is 0.957 bits per heavy atom. The van der Waals surface area contributed by atoms with Crippen LogP contribution in [0.3, 0.4) is 0 Å². The molecule has 0 saturated carbocycles. The van der Waals surface area contributed by atoms with Crippen LogP contribution in [0.5, 0.6) is 0 Å². The van der Waals surface area contributed by atoms with E-state index in [1.54, 1.807) is 21.8 Å². The van der Waals surface area contributed by atoms with Gasteiger partial charge >= 0.3 is 0 Å². The SMILES string of the molecule is C=P(C)(C)CC[C@H]1OC(n2cnc3c(NCCCC)ncnc32)[C@H](O)[C@@H]1O.C=P(C)(C)CC[C@H]1OC(n2cnc3c(NCCCOCCOCCOCCOCCOCCCN)ncnc32)[C@H](O)[C@@H]1O. The number of fused-ring (bicyclic) bond motifs is 2. The largest absolute Gasteiger partial charge is 0.388 e. The van der Waals surface area contributed by atoms with Crippen LogP contribution in [0.4, 0.5) is 11.6 Å². The molecule has 0 aliphatic carbocycles. The van der Waals surface area contributed by atoms with Crippen molar-refractivity contribution < 1.29 is 53.6 Å². The highest BCUT2D eigenvalue weighted by Crippen LogP contribution is 2.41. The summed E-state index contributed by atoms with van der Waals surface area (Å²) in [5, 5.41) is 48.8. The summed E-state index contributed by atoms with van der Waals surface area (Å²) < 4.78 is 42.8. The van der Waals surface area contributed by atoms with E-state index in [0.717, 1.165) is 44.6 Å². The van der Waals surface area contributed by atoms with Gasteiger partial charge in [0.25, 0.3) is 0 Å². The summed E-state index contributed by atoms with van der Waals surface area (Å²) in [7, 11) is 0. The second-order valence-electron chi connectivity index (χ2n) is 18.8. The molecule has 0 spiro atoms. The molecule has 22 nitrogen and oxygen atoms in total. The minimum absolute atomic E-state index is 0.424. The molecule has 0 aromatic carbocycles. The summed E-state index contributed by atoms with van der Waals surface area (Å²) in [5.41, 5.74) is 7.70. The maximum Gasteiger partial charge on any atom is 0.167 e. The summed E-state index contributed by atoms with van der Waals surface area (Å²) in [6, 6.07) is 0. The Morgan fingerprint density at radius 3 is 1.34 bits per heavy atom. The Balaban J connectivity index is 0.000000289. The van der Waals surface area contributed by atoms with Crippen molar-refractivity contribution in [3.63, 3.8) is 0 Å². The molecular formula is C46H81N11O11P2. The fourth-order valence-corrected chi connectivity index (χ4v) is 9.52. The van der Waals surface area contributed by atoms with Crippen molar-refractivity contribution in [1.29, 1.82) is 0 Å². The van der Waals surface area contributed by atoms with E-state index in [2.05, 4.69) is 86.7 Å². The molecule has 4 aromatic rings. The molecule has 8 N–H and O–H groups in total. The average molecular weight is 1030 g/mol. The van der Waals surface area contributed by atoms with Crippen molar-refractivity contribution in [2.24, 2.45) is 5.73 Å². The summed E-state index contributed by atoms with van der Waals surface area (Å²) in [4.78, 5) is 26.1. The number of imidazole rings is 2. The highest BCUT2D eigenvalue weighted by Gasteiger charge is 2.45. The van der Waals surface area contributed by atoms with Gasteiger partial charge in [0.1, 0.15) is 37.1 Å². The maximum absolute atomic E-state index is 10.7. The van der Waals surface area contributed by atoms with E-state index in [1.165, 1.54) is 12.7 Å². The molecular weight excluding hydrogens is 945 g/mol. The van der Waals surface area contributed by atoms with E-state index in [0.29, 0.717) is 126 Å². The first-order chi connectivity index (χ1) is 33.6. The lowest BCUT2D eigenvalue weighted by Gasteiger charge is -2.18. The average Bonchev–Trinajstić information content (AvgIpc) is 4.09. The first-order valence-electron chi connectivity index (χ1n) is 24.4. The number of rotatable bonds is 32. The molecule has 396 valence electrons. The summed E-state index contributed by atoms with van der Waals surface area (Å²) in [6.45, 7) is 15.7. The Kier molecular flexibility index (Phi) is 24.3. The number of aliphatic hydroxyl groups excluding tert-OH is 4. The molecule has 6 rings (SSSR count). The predicted octanol–water partition coefficient (Wildman–Crippen LogP) is 2.54. The number of hydrogen-bond donors (Lipinski definition) is 7. The normalized spacial score (nSPS) is 22.8. The van der Waals surface area contributed by atoms with E-state index in [9.17, 15) is 20.4 Å². The second kappa shape index (κ2) is 29.5. The molecule has 2 fully saturated rings. The van der Waals surface area contributed by atoms with Crippen LogP contribution >= 0.6 is 13.8 Å². The first-order valence-corrected chi connectivity index (χ1v) is 30.5. The van der Waals surface area contributed by atoms with Crippen LogP contribution in [0.1, 0.15) is 57.9 Å². The van der Waals surface area contributed by atoms with E-state index in [4.69, 9.17) is 38.9 Å². The van der Waals surface area contributed by atoms with Crippen LogP contribution in [0.15, 0.2) is 25.3 Å². The molecule has 8 atom stereocenters. The number of hydrogen-bond acceptors (Lipinski definition) is 20. The molecule has 0 radical (unpaired) electrons. The topological polar surface area (TPSA) is 283 Å². The quantitative estimate of drug-likeness (QED) is 0.0273. The number of anilines is 2. The van der Waals surface area contributed by atoms with Gasteiger partial charge in [-0.25, -0.2) is 29.9 Å². The second-order valence-corrected chi connectivity index (χ2v) is 27.5. The fraction of sp³-hybridized carbons (Fsp3) is 0.739. The van der Waals surface area contributed by atoms with Gasteiger partial charge in [-0.15, -0.1) is 26.4 Å². The first kappa shape index (κ1) is 57.7. The minimum Gasteiger partial charge on any atom is -0.388 e. The lowest BCUT2D eigenvalue weighted by molar-refractivity contribution is -0.0353. The minimum atomic E-state index is -1.27. The molecule has 2 aliphatic rings. The fourth-order valence-electron chi connectivity index (χ4n) is 7.62. The van der Waals surface area contributed by atoms with Gasteiger partial charge in [0, 0.05) is 26.3 Å². The lowest BCUT2D eigenvalue weighted by atomic mass is 10.1. The molecule has 0 amide bonds. The maximum atomic E-state index is 10.7. The van der Waals surface area contributed by atoms with Crippen LogP contribution in [-0.2, 0) is 33.2 Å². The Bertz CT molecular complexity index is 2210. The van der Waals surface area contributed by atoms with Crippen molar-refractivity contribution in [2.75, 3.05) is 135 Å². The van der Waals surface area contributed by atoms with Crippen molar-refractivity contribution in [3.8, 4) is 0 Å². The van der Waals surface area contributed by atoms with Gasteiger partial charge in [-0.3, -0.25) is 9.13 Å². The number of nitrogens with zero attached hydrogens (tertiary/aromatic N) is 8. The van der Waals surface area contributed by atoms with E-state index >= 15 is 0 Å². The van der Waals surface area contributed by atoms with Gasteiger partial charge in [-0.1, -0.05) is 13.3 Å². The Labute approximate surface area is 412 Å². The Hall–Kier alpha value is -3.18. The van der Waals surface area contributed by atoms with Gasteiger partial charge in [-0.05, 0) is 77.6 Å². The standard InChI is InChI=1S/C28H51N6O8P.C18H30N5O3P/c1-43(2,3)19-6-22-24(35)25(36)28(42-22)34-21-33-23-26(31-20-32-27(23)34)30-8-5-10-38-12-14-40-16-18-41-17-15-39-13-11-37-9-4-7-29;1-5-6-8-19-16-13-17(21-10-20-16)23(11-22-13)18-15(25)14(24)12(26-18)7-9-27(2,3)4/h20-22,24-25,28,35-36H,1,4-19,29H2,2-3H3,(H,30,31,32);10-12,14-15,18,24-25H,2,5-9H2,1,3-4H3,(H,19,20,21)/t22-,24-,25-,28?;12-,14-,15-,18?/m11/s1. The molecule has 2 unspecified atom stereocenters. The van der Waals surface area contributed by atoms with Crippen LogP contribution in [-0.4, -0.2) is 233 Å². The highest BCUT2D eigenvalue weighted by molar-refractivity contribution is 7.72. The van der Waals surface area contributed by atoms with E-state index in [-0.39, 0.29) is 0 Å². The zero-order valence-electron chi connectivity index (χ0n) is 41.9. The monoisotopic (exact) mass is 1030 g/mol. The number of unbranched alkanes of at least 4 members (excludes halogenated alkanes) is 1. The molecule has 2 aliphatic heterocycles. The molecule has 2 saturated heterocycles. The molecule has 6 heterocycles. The number of nitrogens with two attached hydrogens (primary N) is 1. The molecule has 24 heteroatoms. The number of aliphatic hydroxyl groups is 4. The van der Waals surface area contributed by atoms with Gasteiger partial charge < -0.3 is 70.0 Å². The van der Waals surface area contributed by atoms with Gasteiger partial charge in [-0.2, -0.15) is 0 Å². The number of nitrogens with one attached hydrogen (secondary N) is 2. The third-order valence-corrected chi connectivity index (χ3v) is 14.5. The molecule has 4 aromatic heterocycles. The third kappa shape index (κ3) is 18.1. The van der Waals surface area contributed by atoms with Crippen molar-refractivity contribution in [1.82, 2.24) is 39.0 Å². The van der Waals surface area contributed by atoms with Crippen molar-refractivity contribution in [3.05, 3.63) is 25.3 Å².